The van der Waals surface area contributed by atoms with Crippen molar-refractivity contribution in [2.75, 3.05) is 44.3 Å². The minimum Gasteiger partial charge on any atom is -0.378 e. The number of carbonyl (C=O) groups excluding carboxylic acids is 2. The van der Waals surface area contributed by atoms with Crippen LogP contribution in [0.5, 0.6) is 0 Å². The number of rotatable bonds is 12. The minimum absolute atomic E-state index is 0.0309. The van der Waals surface area contributed by atoms with Crippen LogP contribution >= 0.6 is 11.3 Å². The van der Waals surface area contributed by atoms with E-state index in [0.29, 0.717) is 19.0 Å². The van der Waals surface area contributed by atoms with Gasteiger partial charge in [-0.05, 0) is 45.0 Å². The molecular formula is C29H36N6O3S. The minimum atomic E-state index is -0.123. The van der Waals surface area contributed by atoms with Crippen molar-refractivity contribution in [2.45, 2.75) is 46.6 Å². The van der Waals surface area contributed by atoms with E-state index in [1.54, 1.807) is 11.3 Å². The van der Waals surface area contributed by atoms with E-state index >= 15 is 0 Å². The zero-order valence-corrected chi connectivity index (χ0v) is 23.7. The lowest BCUT2D eigenvalue weighted by Gasteiger charge is -2.28. The summed E-state index contributed by atoms with van der Waals surface area (Å²) in [6.07, 6.45) is 3.63. The number of nitrogens with one attached hydrogen (secondary N) is 1. The zero-order chi connectivity index (χ0) is 27.4. The standard InChI is InChI=1S/C29H36N6O3S/c1-4-9-34(10-8-19(2)26(37)15-20(3)36)18-21-16-25-27(39-21)29(35-11-13-38-14-12-35)32-28(31-25)22-6-5-7-24-23(22)17-30-33-24/h5-7,16-17,19H,4,8-15,18H2,1-3H3,(H,30,33). The molecule has 0 aliphatic carbocycles. The molecule has 206 valence electrons. The van der Waals surface area contributed by atoms with Crippen LogP contribution in [0, 0.1) is 5.92 Å². The first-order valence-corrected chi connectivity index (χ1v) is 14.5. The average molecular weight is 549 g/mol. The van der Waals surface area contributed by atoms with Gasteiger partial charge < -0.3 is 9.64 Å². The van der Waals surface area contributed by atoms with E-state index in [1.165, 1.54) is 11.8 Å². The predicted octanol–water partition coefficient (Wildman–Crippen LogP) is 4.86. The molecule has 39 heavy (non-hydrogen) atoms. The summed E-state index contributed by atoms with van der Waals surface area (Å²) in [4.78, 5) is 39.8. The third kappa shape index (κ3) is 6.34. The molecule has 10 heteroatoms. The fraction of sp³-hybridized carbons (Fsp3) is 0.483. The van der Waals surface area contributed by atoms with Crippen molar-refractivity contribution in [1.29, 1.82) is 0 Å². The summed E-state index contributed by atoms with van der Waals surface area (Å²) in [6, 6.07) is 8.25. The van der Waals surface area contributed by atoms with Gasteiger partial charge in [-0.1, -0.05) is 26.0 Å². The molecule has 1 aliphatic rings. The van der Waals surface area contributed by atoms with Gasteiger partial charge in [-0.25, -0.2) is 9.97 Å². The summed E-state index contributed by atoms with van der Waals surface area (Å²) < 4.78 is 6.71. The molecule has 1 fully saturated rings. The van der Waals surface area contributed by atoms with Crippen molar-refractivity contribution in [3.8, 4) is 11.4 Å². The van der Waals surface area contributed by atoms with Crippen LogP contribution in [0.1, 0.15) is 44.9 Å². The third-order valence-electron chi connectivity index (χ3n) is 7.21. The monoisotopic (exact) mass is 548 g/mol. The molecule has 0 spiro atoms. The van der Waals surface area contributed by atoms with Gasteiger partial charge in [0, 0.05) is 41.4 Å². The van der Waals surface area contributed by atoms with Gasteiger partial charge in [-0.2, -0.15) is 5.10 Å². The van der Waals surface area contributed by atoms with Crippen LogP contribution in [-0.2, 0) is 20.9 Å². The second-order valence-electron chi connectivity index (χ2n) is 10.3. The highest BCUT2D eigenvalue weighted by atomic mass is 32.1. The first-order valence-electron chi connectivity index (χ1n) is 13.7. The van der Waals surface area contributed by atoms with Crippen molar-refractivity contribution >= 4 is 49.8 Å². The highest BCUT2D eigenvalue weighted by molar-refractivity contribution is 7.19. The number of benzene rings is 1. The van der Waals surface area contributed by atoms with Gasteiger partial charge in [-0.15, -0.1) is 11.3 Å². The molecule has 0 bridgehead atoms. The Labute approximate surface area is 232 Å². The summed E-state index contributed by atoms with van der Waals surface area (Å²) in [5.74, 6) is 1.50. The van der Waals surface area contributed by atoms with Gasteiger partial charge in [0.25, 0.3) is 0 Å². The van der Waals surface area contributed by atoms with E-state index < -0.39 is 0 Å². The molecule has 3 aromatic heterocycles. The molecule has 0 amide bonds. The molecule has 0 radical (unpaired) electrons. The Morgan fingerprint density at radius 1 is 1.21 bits per heavy atom. The van der Waals surface area contributed by atoms with Crippen LogP contribution in [0.3, 0.4) is 0 Å². The lowest BCUT2D eigenvalue weighted by Crippen LogP contribution is -2.36. The summed E-state index contributed by atoms with van der Waals surface area (Å²) in [5, 5.41) is 8.27. The first-order chi connectivity index (χ1) is 18.9. The number of nitrogens with zero attached hydrogens (tertiary/aromatic N) is 5. The number of aromatic nitrogens is 4. The predicted molar refractivity (Wildman–Crippen MR) is 155 cm³/mol. The van der Waals surface area contributed by atoms with Crippen LogP contribution in [-0.4, -0.2) is 76.0 Å². The Morgan fingerprint density at radius 2 is 2.03 bits per heavy atom. The smallest absolute Gasteiger partial charge is 0.162 e. The lowest BCUT2D eigenvalue weighted by molar-refractivity contribution is -0.128. The number of carbonyl (C=O) groups is 2. The van der Waals surface area contributed by atoms with Crippen LogP contribution in [0.2, 0.25) is 0 Å². The Balaban J connectivity index is 1.44. The molecule has 4 heterocycles. The molecule has 4 aromatic rings. The SMILES string of the molecule is CCCN(CCC(C)C(=O)CC(C)=O)Cc1cc2nc(-c3cccc4[nH]ncc34)nc(N3CCOCC3)c2s1. The molecule has 1 atom stereocenters. The number of morpholine rings is 1. The number of thiophene rings is 1. The summed E-state index contributed by atoms with van der Waals surface area (Å²) in [6.45, 7) is 11.1. The third-order valence-corrected chi connectivity index (χ3v) is 8.32. The highest BCUT2D eigenvalue weighted by Crippen LogP contribution is 2.36. The van der Waals surface area contributed by atoms with Crippen molar-refractivity contribution in [2.24, 2.45) is 5.92 Å². The molecule has 1 saturated heterocycles. The molecule has 1 N–H and O–H groups in total. The Morgan fingerprint density at radius 3 is 2.79 bits per heavy atom. The van der Waals surface area contributed by atoms with Crippen LogP contribution in [0.15, 0.2) is 30.5 Å². The van der Waals surface area contributed by atoms with Crippen LogP contribution in [0.25, 0.3) is 32.5 Å². The Bertz CT molecular complexity index is 1460. The summed E-state index contributed by atoms with van der Waals surface area (Å²) >= 11 is 1.75. The van der Waals surface area contributed by atoms with Gasteiger partial charge in [0.1, 0.15) is 11.6 Å². The number of ether oxygens (including phenoxy) is 1. The highest BCUT2D eigenvalue weighted by Gasteiger charge is 2.22. The van der Waals surface area contributed by atoms with Crippen molar-refractivity contribution in [3.63, 3.8) is 0 Å². The van der Waals surface area contributed by atoms with Gasteiger partial charge in [-0.3, -0.25) is 19.6 Å². The lowest BCUT2D eigenvalue weighted by atomic mass is 9.98. The summed E-state index contributed by atoms with van der Waals surface area (Å²) in [7, 11) is 0. The van der Waals surface area contributed by atoms with Gasteiger partial charge in [0.05, 0.1) is 41.6 Å². The second-order valence-corrected chi connectivity index (χ2v) is 11.5. The summed E-state index contributed by atoms with van der Waals surface area (Å²) in [5.41, 5.74) is 2.87. The van der Waals surface area contributed by atoms with Crippen molar-refractivity contribution in [3.05, 3.63) is 35.3 Å². The quantitative estimate of drug-likeness (QED) is 0.250. The number of hydrogen-bond donors (Lipinski definition) is 1. The van der Waals surface area contributed by atoms with E-state index in [-0.39, 0.29) is 23.9 Å². The van der Waals surface area contributed by atoms with E-state index in [1.807, 2.05) is 31.3 Å². The number of hydrogen-bond acceptors (Lipinski definition) is 9. The molecular weight excluding hydrogens is 512 g/mol. The average Bonchev–Trinajstić information content (AvgIpc) is 3.57. The molecule has 1 unspecified atom stereocenters. The second kappa shape index (κ2) is 12.3. The van der Waals surface area contributed by atoms with Gasteiger partial charge in [0.15, 0.2) is 11.6 Å². The Hall–Kier alpha value is -3.21. The van der Waals surface area contributed by atoms with E-state index in [4.69, 9.17) is 14.7 Å². The fourth-order valence-corrected chi connectivity index (χ4v) is 6.23. The largest absolute Gasteiger partial charge is 0.378 e. The van der Waals surface area contributed by atoms with E-state index in [0.717, 1.165) is 78.1 Å². The fourth-order valence-electron chi connectivity index (χ4n) is 5.08. The number of fused-ring (bicyclic) bond motifs is 2. The topological polar surface area (TPSA) is 104 Å². The number of ketones is 2. The first kappa shape index (κ1) is 27.4. The van der Waals surface area contributed by atoms with Gasteiger partial charge in [0.2, 0.25) is 0 Å². The number of aromatic amines is 1. The molecule has 0 saturated carbocycles. The molecule has 1 aromatic carbocycles. The van der Waals surface area contributed by atoms with Crippen molar-refractivity contribution in [1.82, 2.24) is 25.1 Å². The number of anilines is 1. The van der Waals surface area contributed by atoms with Gasteiger partial charge >= 0.3 is 0 Å². The maximum absolute atomic E-state index is 12.3. The van der Waals surface area contributed by atoms with Crippen LogP contribution in [0.4, 0.5) is 5.82 Å². The molecule has 1 aliphatic heterocycles. The van der Waals surface area contributed by atoms with Crippen molar-refractivity contribution < 1.29 is 14.3 Å². The van der Waals surface area contributed by atoms with E-state index in [9.17, 15) is 9.59 Å². The molecule has 9 nitrogen and oxygen atoms in total. The molecule has 5 rings (SSSR count). The zero-order valence-electron chi connectivity index (χ0n) is 22.9. The van der Waals surface area contributed by atoms with E-state index in [2.05, 4.69) is 33.0 Å². The maximum atomic E-state index is 12.3. The Kier molecular flexibility index (Phi) is 8.64. The number of Topliss-reactive ketones (excluding diaryl/α,β-unsaturated/α-hetero) is 2. The normalized spacial score (nSPS) is 14.9. The maximum Gasteiger partial charge on any atom is 0.162 e. The number of H-pyrrole nitrogens is 1. The van der Waals surface area contributed by atoms with Crippen LogP contribution < -0.4 is 4.90 Å².